The van der Waals surface area contributed by atoms with E-state index in [9.17, 15) is 0 Å². The number of nitrogens with zero attached hydrogens (tertiary/aromatic N) is 2. The van der Waals surface area contributed by atoms with Crippen LogP contribution in [0.4, 0.5) is 0 Å². The summed E-state index contributed by atoms with van der Waals surface area (Å²) in [5.74, 6) is 1.76. The van der Waals surface area contributed by atoms with Gasteiger partial charge in [-0.05, 0) is 31.7 Å². The molecule has 1 saturated heterocycles. The molecule has 1 aliphatic heterocycles. The van der Waals surface area contributed by atoms with Crippen molar-refractivity contribution in [1.82, 2.24) is 15.5 Å². The second kappa shape index (κ2) is 9.78. The van der Waals surface area contributed by atoms with Gasteiger partial charge in [0.15, 0.2) is 5.96 Å². The van der Waals surface area contributed by atoms with Gasteiger partial charge in [-0.2, -0.15) is 0 Å². The van der Waals surface area contributed by atoms with Crippen LogP contribution in [0.2, 0.25) is 0 Å². The lowest BCUT2D eigenvalue weighted by atomic mass is 10.3. The minimum absolute atomic E-state index is 0. The van der Waals surface area contributed by atoms with Gasteiger partial charge in [0.2, 0.25) is 0 Å². The number of hydrogen-bond acceptors (Lipinski definition) is 3. The summed E-state index contributed by atoms with van der Waals surface area (Å²) in [6, 6.07) is 0.638. The van der Waals surface area contributed by atoms with Crippen LogP contribution in [0.3, 0.4) is 0 Å². The molecule has 0 radical (unpaired) electrons. The number of guanidine groups is 1. The van der Waals surface area contributed by atoms with Gasteiger partial charge >= 0.3 is 0 Å². The van der Waals surface area contributed by atoms with Crippen molar-refractivity contribution < 1.29 is 4.74 Å². The molecule has 2 rings (SSSR count). The van der Waals surface area contributed by atoms with E-state index in [1.165, 1.54) is 25.8 Å². The molecule has 0 amide bonds. The number of hydrogen-bond donors (Lipinski definition) is 2. The average molecular weight is 396 g/mol. The molecule has 2 atom stereocenters. The van der Waals surface area contributed by atoms with Gasteiger partial charge in [0.25, 0.3) is 0 Å². The molecule has 0 aromatic carbocycles. The Morgan fingerprint density at radius 1 is 1.30 bits per heavy atom. The van der Waals surface area contributed by atoms with Gasteiger partial charge in [-0.15, -0.1) is 24.0 Å². The van der Waals surface area contributed by atoms with Crippen LogP contribution in [-0.2, 0) is 4.74 Å². The third-order valence-corrected chi connectivity index (χ3v) is 3.95. The zero-order chi connectivity index (χ0) is 13.5. The lowest BCUT2D eigenvalue weighted by molar-refractivity contribution is 0.0372. The molecular formula is C14H29IN4O. The van der Waals surface area contributed by atoms with Crippen molar-refractivity contribution in [3.05, 3.63) is 0 Å². The van der Waals surface area contributed by atoms with Gasteiger partial charge in [0, 0.05) is 32.7 Å². The van der Waals surface area contributed by atoms with E-state index in [0.717, 1.165) is 44.7 Å². The van der Waals surface area contributed by atoms with E-state index in [0.29, 0.717) is 6.04 Å². The SMILES string of the molecule is CN=C(NCCCCN1CCOCC1)NC1CC1C.I. The van der Waals surface area contributed by atoms with Gasteiger partial charge in [0.05, 0.1) is 13.2 Å². The first kappa shape index (κ1) is 18.0. The summed E-state index contributed by atoms with van der Waals surface area (Å²) in [5, 5.41) is 6.84. The summed E-state index contributed by atoms with van der Waals surface area (Å²) in [6.45, 7) is 8.45. The largest absolute Gasteiger partial charge is 0.379 e. The lowest BCUT2D eigenvalue weighted by Crippen LogP contribution is -2.40. The number of nitrogens with one attached hydrogen (secondary N) is 2. The minimum Gasteiger partial charge on any atom is -0.379 e. The van der Waals surface area contributed by atoms with Crippen molar-refractivity contribution in [3.8, 4) is 0 Å². The monoisotopic (exact) mass is 396 g/mol. The highest BCUT2D eigenvalue weighted by Crippen LogP contribution is 2.28. The molecule has 2 aliphatic rings. The Labute approximate surface area is 139 Å². The molecule has 20 heavy (non-hydrogen) atoms. The zero-order valence-corrected chi connectivity index (χ0v) is 15.1. The molecule has 0 aromatic heterocycles. The number of ether oxygens (including phenoxy) is 1. The molecule has 0 aromatic rings. The highest BCUT2D eigenvalue weighted by atomic mass is 127. The fourth-order valence-corrected chi connectivity index (χ4v) is 2.39. The first-order valence-electron chi connectivity index (χ1n) is 7.57. The van der Waals surface area contributed by atoms with Gasteiger partial charge < -0.3 is 15.4 Å². The van der Waals surface area contributed by atoms with Gasteiger partial charge in [-0.25, -0.2) is 0 Å². The predicted octanol–water partition coefficient (Wildman–Crippen LogP) is 1.29. The average Bonchev–Trinajstić information content (AvgIpc) is 3.13. The molecule has 2 unspecified atom stereocenters. The quantitative estimate of drug-likeness (QED) is 0.308. The molecule has 1 heterocycles. The second-order valence-corrected chi connectivity index (χ2v) is 5.62. The first-order chi connectivity index (χ1) is 9.29. The molecule has 2 fully saturated rings. The molecular weight excluding hydrogens is 367 g/mol. The summed E-state index contributed by atoms with van der Waals surface area (Å²) in [6.07, 6.45) is 3.71. The van der Waals surface area contributed by atoms with E-state index in [2.05, 4.69) is 27.4 Å². The van der Waals surface area contributed by atoms with Gasteiger partial charge in [-0.3, -0.25) is 9.89 Å². The topological polar surface area (TPSA) is 48.9 Å². The minimum atomic E-state index is 0. The number of aliphatic imine (C=N–C) groups is 1. The maximum atomic E-state index is 5.35. The first-order valence-corrected chi connectivity index (χ1v) is 7.57. The highest BCUT2D eigenvalue weighted by molar-refractivity contribution is 14.0. The molecule has 1 aliphatic carbocycles. The molecule has 0 bridgehead atoms. The molecule has 118 valence electrons. The number of morpholine rings is 1. The highest BCUT2D eigenvalue weighted by Gasteiger charge is 2.33. The van der Waals surface area contributed by atoms with Crippen LogP contribution in [0.15, 0.2) is 4.99 Å². The Morgan fingerprint density at radius 2 is 2.00 bits per heavy atom. The van der Waals surface area contributed by atoms with E-state index in [4.69, 9.17) is 4.74 Å². The maximum absolute atomic E-state index is 5.35. The third-order valence-electron chi connectivity index (χ3n) is 3.95. The normalized spacial score (nSPS) is 26.8. The fourth-order valence-electron chi connectivity index (χ4n) is 2.39. The van der Waals surface area contributed by atoms with Crippen LogP contribution in [0.1, 0.15) is 26.2 Å². The van der Waals surface area contributed by atoms with Crippen molar-refractivity contribution in [2.75, 3.05) is 46.4 Å². The molecule has 0 spiro atoms. The van der Waals surface area contributed by atoms with Crippen LogP contribution in [-0.4, -0.2) is 63.3 Å². The smallest absolute Gasteiger partial charge is 0.191 e. The Morgan fingerprint density at radius 3 is 2.60 bits per heavy atom. The summed E-state index contributed by atoms with van der Waals surface area (Å²) in [4.78, 5) is 6.75. The fraction of sp³-hybridized carbons (Fsp3) is 0.929. The number of rotatable bonds is 6. The summed E-state index contributed by atoms with van der Waals surface area (Å²) >= 11 is 0. The second-order valence-electron chi connectivity index (χ2n) is 5.62. The van der Waals surface area contributed by atoms with Gasteiger partial charge in [-0.1, -0.05) is 6.92 Å². The van der Waals surface area contributed by atoms with Crippen molar-refractivity contribution in [3.63, 3.8) is 0 Å². The van der Waals surface area contributed by atoms with Crippen molar-refractivity contribution in [2.45, 2.75) is 32.2 Å². The lowest BCUT2D eigenvalue weighted by Gasteiger charge is -2.26. The summed E-state index contributed by atoms with van der Waals surface area (Å²) < 4.78 is 5.35. The standard InChI is InChI=1S/C14H28N4O.HI/c1-12-11-13(12)17-14(15-2)16-5-3-4-6-18-7-9-19-10-8-18;/h12-13H,3-11H2,1-2H3,(H2,15,16,17);1H. The molecule has 2 N–H and O–H groups in total. The van der Waals surface area contributed by atoms with Crippen LogP contribution >= 0.6 is 24.0 Å². The van der Waals surface area contributed by atoms with Crippen LogP contribution in [0, 0.1) is 5.92 Å². The predicted molar refractivity (Wildman–Crippen MR) is 94.0 cm³/mol. The third kappa shape index (κ3) is 6.58. The maximum Gasteiger partial charge on any atom is 0.191 e. The number of unbranched alkanes of at least 4 members (excludes halogenated alkanes) is 1. The van der Waals surface area contributed by atoms with E-state index in [1.807, 2.05) is 7.05 Å². The van der Waals surface area contributed by atoms with Crippen molar-refractivity contribution in [2.24, 2.45) is 10.9 Å². The summed E-state index contributed by atoms with van der Waals surface area (Å²) in [7, 11) is 1.84. The van der Waals surface area contributed by atoms with E-state index < -0.39 is 0 Å². The van der Waals surface area contributed by atoms with Crippen LogP contribution in [0.25, 0.3) is 0 Å². The molecule has 5 nitrogen and oxygen atoms in total. The Bertz CT molecular complexity index is 295. The Kier molecular flexibility index (Phi) is 8.79. The van der Waals surface area contributed by atoms with E-state index in [-0.39, 0.29) is 24.0 Å². The van der Waals surface area contributed by atoms with Crippen molar-refractivity contribution in [1.29, 1.82) is 0 Å². The van der Waals surface area contributed by atoms with Gasteiger partial charge in [0.1, 0.15) is 0 Å². The van der Waals surface area contributed by atoms with Crippen LogP contribution < -0.4 is 10.6 Å². The van der Waals surface area contributed by atoms with Crippen LogP contribution in [0.5, 0.6) is 0 Å². The Balaban J connectivity index is 0.00000200. The van der Waals surface area contributed by atoms with E-state index in [1.54, 1.807) is 0 Å². The summed E-state index contributed by atoms with van der Waals surface area (Å²) in [5.41, 5.74) is 0. The molecule has 1 saturated carbocycles. The number of halogens is 1. The van der Waals surface area contributed by atoms with Crippen molar-refractivity contribution >= 4 is 29.9 Å². The van der Waals surface area contributed by atoms with E-state index >= 15 is 0 Å². The zero-order valence-electron chi connectivity index (χ0n) is 12.7. The molecule has 6 heteroatoms. The Hall–Kier alpha value is -0.0800.